The second-order valence-corrected chi connectivity index (χ2v) is 9.18. The van der Waals surface area contributed by atoms with Crippen LogP contribution in [-0.2, 0) is 14.6 Å². The van der Waals surface area contributed by atoms with Crippen LogP contribution < -0.4 is 4.90 Å². The molecule has 2 aliphatic heterocycles. The van der Waals surface area contributed by atoms with Crippen LogP contribution in [0.15, 0.2) is 23.2 Å². The van der Waals surface area contributed by atoms with Gasteiger partial charge >= 0.3 is 0 Å². The Kier molecular flexibility index (Phi) is 3.81. The molecule has 7 heteroatoms. The molecule has 118 valence electrons. The fraction of sp³-hybridized carbons (Fsp3) is 0.467. The van der Waals surface area contributed by atoms with Gasteiger partial charge in [-0.25, -0.2) is 8.42 Å². The average Bonchev–Trinajstić information content (AvgIpc) is 2.81. The van der Waals surface area contributed by atoms with Gasteiger partial charge < -0.3 is 4.90 Å². The van der Waals surface area contributed by atoms with Crippen LogP contribution in [0.3, 0.4) is 0 Å². The molecule has 2 heterocycles. The molecule has 0 radical (unpaired) electrons. The second kappa shape index (κ2) is 5.38. The number of hydrogen-bond acceptors (Lipinski definition) is 4. The van der Waals surface area contributed by atoms with Crippen LogP contribution in [0.25, 0.3) is 0 Å². The van der Waals surface area contributed by atoms with Gasteiger partial charge in [-0.15, -0.1) is 0 Å². The highest BCUT2D eigenvalue weighted by Crippen LogP contribution is 2.42. The molecule has 2 aliphatic rings. The fourth-order valence-electron chi connectivity index (χ4n) is 3.15. The SMILES string of the molecule is CC(=O)N=C1S[C@@H]2CS(=O)(=O)C[C@@H]2N1c1c(C)cccc1C. The van der Waals surface area contributed by atoms with Gasteiger partial charge in [-0.2, -0.15) is 4.99 Å². The molecular weight excluding hydrogens is 320 g/mol. The van der Waals surface area contributed by atoms with Crippen molar-refractivity contribution in [1.29, 1.82) is 0 Å². The summed E-state index contributed by atoms with van der Waals surface area (Å²) in [4.78, 5) is 17.5. The maximum Gasteiger partial charge on any atom is 0.244 e. The van der Waals surface area contributed by atoms with Crippen molar-refractivity contribution >= 4 is 38.4 Å². The molecule has 5 nitrogen and oxygen atoms in total. The molecule has 2 atom stereocenters. The van der Waals surface area contributed by atoms with Gasteiger partial charge in [-0.3, -0.25) is 4.79 Å². The van der Waals surface area contributed by atoms with Gasteiger partial charge in [0.1, 0.15) is 0 Å². The zero-order valence-electron chi connectivity index (χ0n) is 12.7. The lowest BCUT2D eigenvalue weighted by Crippen LogP contribution is -2.38. The number of carbonyl (C=O) groups excluding carboxylic acids is 1. The van der Waals surface area contributed by atoms with Gasteiger partial charge in [0.15, 0.2) is 15.0 Å². The molecule has 0 spiro atoms. The topological polar surface area (TPSA) is 66.8 Å². The number of rotatable bonds is 1. The summed E-state index contributed by atoms with van der Waals surface area (Å²) in [6, 6.07) is 5.82. The molecule has 1 aromatic carbocycles. The third-order valence-electron chi connectivity index (χ3n) is 4.00. The summed E-state index contributed by atoms with van der Waals surface area (Å²) in [7, 11) is -3.03. The van der Waals surface area contributed by atoms with Gasteiger partial charge in [-0.1, -0.05) is 30.0 Å². The second-order valence-electron chi connectivity index (χ2n) is 5.82. The molecule has 0 aliphatic carbocycles. The summed E-state index contributed by atoms with van der Waals surface area (Å²) in [5.74, 6) is 0.0114. The summed E-state index contributed by atoms with van der Waals surface area (Å²) in [5.41, 5.74) is 3.09. The van der Waals surface area contributed by atoms with Crippen molar-refractivity contribution in [2.75, 3.05) is 16.4 Å². The quantitative estimate of drug-likeness (QED) is 0.783. The fourth-order valence-corrected chi connectivity index (χ4v) is 7.09. The largest absolute Gasteiger partial charge is 0.315 e. The number of carbonyl (C=O) groups is 1. The molecule has 1 amide bonds. The Labute approximate surface area is 134 Å². The lowest BCUT2D eigenvalue weighted by atomic mass is 10.1. The van der Waals surface area contributed by atoms with E-state index in [2.05, 4.69) is 4.99 Å². The number of anilines is 1. The number of aryl methyl sites for hydroxylation is 2. The van der Waals surface area contributed by atoms with Crippen molar-refractivity contribution in [3.05, 3.63) is 29.3 Å². The smallest absolute Gasteiger partial charge is 0.244 e. The third-order valence-corrected chi connectivity index (χ3v) is 7.21. The maximum absolute atomic E-state index is 12.0. The first-order chi connectivity index (χ1) is 10.3. The van der Waals surface area contributed by atoms with Gasteiger partial charge in [0.05, 0.1) is 17.5 Å². The minimum Gasteiger partial charge on any atom is -0.315 e. The highest BCUT2D eigenvalue weighted by Gasteiger charge is 2.49. The summed E-state index contributed by atoms with van der Waals surface area (Å²) >= 11 is 1.41. The molecule has 2 saturated heterocycles. The van der Waals surface area contributed by atoms with Crippen LogP contribution in [0, 0.1) is 13.8 Å². The molecule has 1 aromatic rings. The zero-order valence-corrected chi connectivity index (χ0v) is 14.4. The molecule has 22 heavy (non-hydrogen) atoms. The van der Waals surface area contributed by atoms with Crippen molar-refractivity contribution in [3.8, 4) is 0 Å². The standard InChI is InChI=1S/C15H18N2O3S2/c1-9-5-4-6-10(2)14(9)17-12-7-22(19,20)8-13(12)21-15(17)16-11(3)18/h4-6,12-13H,7-8H2,1-3H3/t12-,13+/m0/s1. The lowest BCUT2D eigenvalue weighted by Gasteiger charge is -2.27. The highest BCUT2D eigenvalue weighted by molar-refractivity contribution is 8.16. The number of thioether (sulfide) groups is 1. The van der Waals surface area contributed by atoms with Crippen LogP contribution >= 0.6 is 11.8 Å². The van der Waals surface area contributed by atoms with Gasteiger partial charge in [0.25, 0.3) is 0 Å². The van der Waals surface area contributed by atoms with Gasteiger partial charge in [-0.05, 0) is 25.0 Å². The predicted molar refractivity (Wildman–Crippen MR) is 90.3 cm³/mol. The van der Waals surface area contributed by atoms with Crippen LogP contribution in [0.1, 0.15) is 18.1 Å². The number of hydrogen-bond donors (Lipinski definition) is 0. The van der Waals surface area contributed by atoms with E-state index in [1.807, 2.05) is 36.9 Å². The van der Waals surface area contributed by atoms with Crippen LogP contribution in [0.4, 0.5) is 5.69 Å². The Morgan fingerprint density at radius 2 is 1.91 bits per heavy atom. The number of para-hydroxylation sites is 1. The Balaban J connectivity index is 2.13. The Bertz CT molecular complexity index is 751. The molecule has 0 saturated carbocycles. The van der Waals surface area contributed by atoms with Crippen LogP contribution in [0.5, 0.6) is 0 Å². The number of sulfone groups is 1. The van der Waals surface area contributed by atoms with Crippen molar-refractivity contribution in [3.63, 3.8) is 0 Å². The molecule has 0 aromatic heterocycles. The highest BCUT2D eigenvalue weighted by atomic mass is 32.2. The van der Waals surface area contributed by atoms with E-state index in [0.29, 0.717) is 5.17 Å². The minimum absolute atomic E-state index is 0.0536. The Hall–Kier alpha value is -1.34. The van der Waals surface area contributed by atoms with Crippen LogP contribution in [-0.4, -0.2) is 42.3 Å². The number of nitrogens with zero attached hydrogens (tertiary/aromatic N) is 2. The number of benzene rings is 1. The van der Waals surface area contributed by atoms with Crippen LogP contribution in [0.2, 0.25) is 0 Å². The van der Waals surface area contributed by atoms with E-state index in [9.17, 15) is 13.2 Å². The van der Waals surface area contributed by atoms with Crippen molar-refractivity contribution in [2.45, 2.75) is 32.1 Å². The third kappa shape index (κ3) is 2.67. The van der Waals surface area contributed by atoms with E-state index >= 15 is 0 Å². The summed E-state index contributed by atoms with van der Waals surface area (Å²) in [5, 5.41) is 0.567. The van der Waals surface area contributed by atoms with E-state index in [1.165, 1.54) is 18.7 Å². The van der Waals surface area contributed by atoms with Gasteiger partial charge in [0.2, 0.25) is 5.91 Å². The molecular formula is C15H18N2O3S2. The number of amidine groups is 1. The molecule has 3 rings (SSSR count). The number of fused-ring (bicyclic) bond motifs is 1. The van der Waals surface area contributed by atoms with E-state index in [1.54, 1.807) is 0 Å². The number of amides is 1. The molecule has 0 unspecified atom stereocenters. The maximum atomic E-state index is 12.0. The van der Waals surface area contributed by atoms with Crippen molar-refractivity contribution in [1.82, 2.24) is 0 Å². The molecule has 0 bridgehead atoms. The van der Waals surface area contributed by atoms with E-state index in [4.69, 9.17) is 0 Å². The van der Waals surface area contributed by atoms with E-state index < -0.39 is 9.84 Å². The summed E-state index contributed by atoms with van der Waals surface area (Å²) in [6.07, 6.45) is 0. The van der Waals surface area contributed by atoms with Gasteiger partial charge in [0, 0.05) is 17.9 Å². The first-order valence-electron chi connectivity index (χ1n) is 7.10. The van der Waals surface area contributed by atoms with Crippen molar-refractivity contribution < 1.29 is 13.2 Å². The Morgan fingerprint density at radius 1 is 1.27 bits per heavy atom. The lowest BCUT2D eigenvalue weighted by molar-refractivity contribution is -0.115. The zero-order chi connectivity index (χ0) is 16.1. The first kappa shape index (κ1) is 15.6. The summed E-state index contributed by atoms with van der Waals surface area (Å²) < 4.78 is 23.9. The minimum atomic E-state index is -3.03. The Morgan fingerprint density at radius 3 is 2.50 bits per heavy atom. The first-order valence-corrected chi connectivity index (χ1v) is 9.80. The van der Waals surface area contributed by atoms with E-state index in [0.717, 1.165) is 16.8 Å². The summed E-state index contributed by atoms with van der Waals surface area (Å²) in [6.45, 7) is 5.41. The predicted octanol–water partition coefficient (Wildman–Crippen LogP) is 1.92. The normalized spacial score (nSPS) is 28.1. The molecule has 2 fully saturated rings. The van der Waals surface area contributed by atoms with E-state index in [-0.39, 0.29) is 28.7 Å². The number of aliphatic imine (C=N–C) groups is 1. The average molecular weight is 338 g/mol. The monoisotopic (exact) mass is 338 g/mol. The van der Waals surface area contributed by atoms with Crippen molar-refractivity contribution in [2.24, 2.45) is 4.99 Å². The molecule has 0 N–H and O–H groups in total.